The van der Waals surface area contributed by atoms with E-state index in [0.29, 0.717) is 0 Å². The largest absolute Gasteiger partial charge is 0.284 e. The summed E-state index contributed by atoms with van der Waals surface area (Å²) in [6.07, 6.45) is 0.981. The van der Waals surface area contributed by atoms with Crippen LogP contribution in [0.25, 0.3) is 11.1 Å². The molecule has 0 aliphatic carbocycles. The summed E-state index contributed by atoms with van der Waals surface area (Å²) in [7, 11) is 0. The van der Waals surface area contributed by atoms with E-state index in [1.165, 1.54) is 5.56 Å². The third-order valence-corrected chi connectivity index (χ3v) is 3.65. The first-order valence-corrected chi connectivity index (χ1v) is 9.51. The average molecular weight is 544 g/mol. The number of thiocarbonyl (C=S) groups is 2. The molecule has 0 bridgehead atoms. The zero-order valence-corrected chi connectivity index (χ0v) is 24.5. The third kappa shape index (κ3) is 10.8. The fourth-order valence-electron chi connectivity index (χ4n) is 1.97. The molecule has 0 atom stereocenters. The van der Waals surface area contributed by atoms with Crippen molar-refractivity contribution in [3.63, 3.8) is 0 Å². The molecule has 0 spiro atoms. The summed E-state index contributed by atoms with van der Waals surface area (Å²) in [4.78, 5) is 0. The Morgan fingerprint density at radius 1 is 0.815 bits per heavy atom. The van der Waals surface area contributed by atoms with Crippen LogP contribution >= 0.6 is 24.4 Å². The molecule has 0 amide bonds. The first-order chi connectivity index (χ1) is 12.2. The molecule has 0 aliphatic rings. The summed E-state index contributed by atoms with van der Waals surface area (Å²) in [6, 6.07) is 18.4. The molecule has 140 valence electrons. The molecule has 2 aromatic rings. The van der Waals surface area contributed by atoms with Crippen LogP contribution in [0.15, 0.2) is 36.4 Å². The van der Waals surface area contributed by atoms with Crippen LogP contribution < -0.4 is 0 Å². The number of hydrogen-bond acceptors (Lipinski definition) is 2. The van der Waals surface area contributed by atoms with Crippen molar-refractivity contribution >= 4 is 46.3 Å². The Bertz CT molecular complexity index is 673. The van der Waals surface area contributed by atoms with E-state index in [1.54, 1.807) is 0 Å². The second kappa shape index (κ2) is 19.9. The molecule has 4 heteroatoms. The molecule has 0 N–H and O–H groups in total. The number of allylic oxidation sites excluding steroid dienone is 2. The van der Waals surface area contributed by atoms with Gasteiger partial charge in [0.05, 0.1) is 0 Å². The second-order valence-corrected chi connectivity index (χ2v) is 5.11. The van der Waals surface area contributed by atoms with Crippen LogP contribution in [0.1, 0.15) is 56.9 Å². The molecule has 2 radical (unpaired) electrons. The first kappa shape index (κ1) is 32.2. The quantitative estimate of drug-likeness (QED) is 0.175. The van der Waals surface area contributed by atoms with Gasteiger partial charge in [-0.25, -0.2) is 24.3 Å². The number of benzene rings is 2. The molecule has 0 aromatic heterocycles. The number of rotatable bonds is 5. The molecule has 0 aliphatic heterocycles. The molecule has 2 aromatic carbocycles. The van der Waals surface area contributed by atoms with Crippen molar-refractivity contribution in [3.8, 4) is 0 Å². The molecule has 0 saturated heterocycles. The molecule has 0 fully saturated rings. The van der Waals surface area contributed by atoms with Crippen LogP contribution in [-0.4, -0.2) is 10.7 Å². The van der Waals surface area contributed by atoms with Crippen LogP contribution in [-0.2, 0) is 71.8 Å². The molecular weight excluding hydrogens is 518 g/mol. The fourth-order valence-corrected chi connectivity index (χ4v) is 2.40. The Morgan fingerprint density at radius 3 is 1.56 bits per heavy atom. The van der Waals surface area contributed by atoms with E-state index in [1.807, 2.05) is 65.0 Å². The monoisotopic (exact) mass is 544 g/mol. The Balaban J connectivity index is -0.000000899. The predicted molar refractivity (Wildman–Crippen MR) is 119 cm³/mol. The maximum Gasteiger partial charge on any atom is 0 e. The summed E-state index contributed by atoms with van der Waals surface area (Å²) < 4.78 is 0. The Labute approximate surface area is 227 Å². The van der Waals surface area contributed by atoms with Crippen LogP contribution in [0.2, 0.25) is 0 Å². The van der Waals surface area contributed by atoms with Gasteiger partial charge < -0.3 is 0 Å². The van der Waals surface area contributed by atoms with Crippen molar-refractivity contribution in [1.82, 2.24) is 0 Å². The van der Waals surface area contributed by atoms with Gasteiger partial charge in [0.1, 0.15) is 0 Å². The van der Waals surface area contributed by atoms with E-state index in [-0.39, 0.29) is 65.4 Å². The van der Waals surface area contributed by atoms with Gasteiger partial charge in [-0.15, -0.1) is 11.1 Å². The summed E-state index contributed by atoms with van der Waals surface area (Å²) >= 11 is 10.1. The van der Waals surface area contributed by atoms with Crippen LogP contribution in [0, 0.1) is 19.1 Å². The van der Waals surface area contributed by atoms with Gasteiger partial charge in [0.15, 0.2) is 0 Å². The van der Waals surface area contributed by atoms with Crippen molar-refractivity contribution < 1.29 is 65.4 Å². The van der Waals surface area contributed by atoms with Gasteiger partial charge in [0.25, 0.3) is 0 Å². The number of hydrogen-bond donors (Lipinski definition) is 0. The summed E-state index contributed by atoms with van der Waals surface area (Å²) in [5.74, 6) is 0. The van der Waals surface area contributed by atoms with Gasteiger partial charge in [-0.2, -0.15) is 59.4 Å². The van der Waals surface area contributed by atoms with Crippen LogP contribution in [0.5, 0.6) is 0 Å². The molecule has 27 heavy (non-hydrogen) atoms. The van der Waals surface area contributed by atoms with Crippen LogP contribution in [0.3, 0.4) is 0 Å². The first-order valence-electron chi connectivity index (χ1n) is 8.69. The van der Waals surface area contributed by atoms with Crippen LogP contribution in [0.4, 0.5) is 0 Å². The normalized spacial score (nSPS) is 9.56. The summed E-state index contributed by atoms with van der Waals surface area (Å²) in [6.45, 7) is 12.1. The van der Waals surface area contributed by atoms with Gasteiger partial charge in [-0.3, -0.25) is 22.3 Å². The standard InChI is InChI=1S/C19H14S2.2C2H6.2Y/c1-3-15-6-10-17(11-7-15)19(13-21)18(12-20)16-8-4-14(2)5-9-16;2*1-2;;/h4-8,10H,3H2,1-2H3;2*1-2H3;;/q-4;;;;/b19-18+;;;;. The van der Waals surface area contributed by atoms with E-state index in [2.05, 4.69) is 35.9 Å². The van der Waals surface area contributed by atoms with Crippen molar-refractivity contribution in [1.29, 1.82) is 0 Å². The maximum atomic E-state index is 5.06. The molecule has 2 rings (SSSR count). The van der Waals surface area contributed by atoms with Crippen molar-refractivity contribution in [2.45, 2.75) is 48.0 Å². The van der Waals surface area contributed by atoms with E-state index in [9.17, 15) is 0 Å². The third-order valence-electron chi connectivity index (χ3n) is 3.25. The minimum atomic E-state index is 0. The molecule has 0 unspecified atom stereocenters. The average Bonchev–Trinajstić information content (AvgIpc) is 2.70. The Kier molecular flexibility index (Phi) is 23.7. The Morgan fingerprint density at radius 2 is 1.26 bits per heavy atom. The van der Waals surface area contributed by atoms with Gasteiger partial charge in [0.2, 0.25) is 0 Å². The van der Waals surface area contributed by atoms with E-state index in [0.717, 1.165) is 34.3 Å². The topological polar surface area (TPSA) is 0 Å². The molecule has 0 saturated carbocycles. The number of aryl methyl sites for hydroxylation is 2. The maximum absolute atomic E-state index is 5.06. The minimum absolute atomic E-state index is 0. The van der Waals surface area contributed by atoms with Gasteiger partial charge in [-0.1, -0.05) is 48.0 Å². The van der Waals surface area contributed by atoms with Crippen molar-refractivity contribution in [3.05, 3.63) is 70.8 Å². The zero-order valence-electron chi connectivity index (χ0n) is 17.1. The molecule has 0 nitrogen and oxygen atoms in total. The minimum Gasteiger partial charge on any atom is -0.284 e. The SMILES string of the molecule is CC.CC.CCc1c[c-]c(/C([C-]=S)=C(\[C-]=S)c2[c-]cc(C)cc2)cc1.[Y].[Y]. The fraction of sp³-hybridized carbons (Fsp3) is 0.304. The van der Waals surface area contributed by atoms with E-state index >= 15 is 0 Å². The van der Waals surface area contributed by atoms with Gasteiger partial charge in [-0.05, 0) is 0 Å². The van der Waals surface area contributed by atoms with Crippen molar-refractivity contribution in [2.24, 2.45) is 0 Å². The second-order valence-electron chi connectivity index (χ2n) is 4.70. The summed E-state index contributed by atoms with van der Waals surface area (Å²) in [5, 5.41) is 5.60. The smallest absolute Gasteiger partial charge is 0 e. The van der Waals surface area contributed by atoms with Gasteiger partial charge in [0, 0.05) is 65.4 Å². The van der Waals surface area contributed by atoms with Gasteiger partial charge >= 0.3 is 0 Å². The Hall–Kier alpha value is 0.568. The molecular formula is C23H26S2Y2-4. The zero-order chi connectivity index (χ0) is 19.2. The molecule has 0 heterocycles. The van der Waals surface area contributed by atoms with E-state index in [4.69, 9.17) is 24.4 Å². The predicted octanol–water partition coefficient (Wildman–Crippen LogP) is 6.87. The van der Waals surface area contributed by atoms with Crippen molar-refractivity contribution in [2.75, 3.05) is 0 Å². The summed E-state index contributed by atoms with van der Waals surface area (Å²) in [5.41, 5.74) is 5.61. The van der Waals surface area contributed by atoms with E-state index < -0.39 is 0 Å².